The molecule has 3 nitrogen and oxygen atoms in total. The Bertz CT molecular complexity index is 378. The molecular formula is C13H19BrN2O. The quantitative estimate of drug-likeness (QED) is 0.892. The van der Waals surface area contributed by atoms with E-state index in [2.05, 4.69) is 51.3 Å². The molecule has 1 aliphatic rings. The van der Waals surface area contributed by atoms with Crippen LogP contribution in [-0.4, -0.2) is 42.8 Å². The average molecular weight is 299 g/mol. The number of hydrogen-bond donors (Lipinski definition) is 2. The molecule has 94 valence electrons. The number of aliphatic hydroxyl groups is 1. The van der Waals surface area contributed by atoms with Gasteiger partial charge in [0.2, 0.25) is 0 Å². The van der Waals surface area contributed by atoms with Crippen LogP contribution in [0.15, 0.2) is 22.7 Å². The summed E-state index contributed by atoms with van der Waals surface area (Å²) in [4.78, 5) is 2.35. The molecule has 17 heavy (non-hydrogen) atoms. The van der Waals surface area contributed by atoms with E-state index in [4.69, 9.17) is 0 Å². The highest BCUT2D eigenvalue weighted by Crippen LogP contribution is 2.25. The van der Waals surface area contributed by atoms with E-state index in [0.717, 1.165) is 30.7 Å². The van der Waals surface area contributed by atoms with E-state index in [9.17, 15) is 5.11 Å². The van der Waals surface area contributed by atoms with Gasteiger partial charge < -0.3 is 10.4 Å². The van der Waals surface area contributed by atoms with Gasteiger partial charge in [0.05, 0.1) is 12.6 Å². The Labute approximate surface area is 111 Å². The van der Waals surface area contributed by atoms with Crippen molar-refractivity contribution in [1.82, 2.24) is 10.2 Å². The van der Waals surface area contributed by atoms with Crippen LogP contribution in [-0.2, 0) is 0 Å². The molecule has 1 aliphatic heterocycles. The Kier molecular flexibility index (Phi) is 4.56. The maximum absolute atomic E-state index is 9.62. The van der Waals surface area contributed by atoms with Crippen LogP contribution < -0.4 is 5.32 Å². The lowest BCUT2D eigenvalue weighted by Gasteiger charge is -2.34. The summed E-state index contributed by atoms with van der Waals surface area (Å²) in [6.07, 6.45) is 0. The molecule has 0 bridgehead atoms. The fraction of sp³-hybridized carbons (Fsp3) is 0.538. The molecule has 1 fully saturated rings. The van der Waals surface area contributed by atoms with Gasteiger partial charge in [0.1, 0.15) is 0 Å². The third kappa shape index (κ3) is 3.07. The number of halogens is 1. The van der Waals surface area contributed by atoms with Crippen LogP contribution in [0, 0.1) is 6.92 Å². The average Bonchev–Trinajstić information content (AvgIpc) is 2.36. The molecule has 0 radical (unpaired) electrons. The van der Waals surface area contributed by atoms with Crippen LogP contribution in [0.4, 0.5) is 0 Å². The molecule has 2 rings (SSSR count). The number of piperazine rings is 1. The molecule has 0 aliphatic carbocycles. The maximum atomic E-state index is 9.62. The van der Waals surface area contributed by atoms with Gasteiger partial charge in [-0.25, -0.2) is 0 Å². The highest BCUT2D eigenvalue weighted by Gasteiger charge is 2.21. The van der Waals surface area contributed by atoms with Crippen molar-refractivity contribution in [2.75, 3.05) is 32.8 Å². The van der Waals surface area contributed by atoms with Crippen LogP contribution in [0.1, 0.15) is 17.2 Å². The van der Waals surface area contributed by atoms with E-state index in [1.54, 1.807) is 0 Å². The van der Waals surface area contributed by atoms with Crippen LogP contribution in [0.5, 0.6) is 0 Å². The third-order valence-corrected chi connectivity index (χ3v) is 4.22. The zero-order valence-electron chi connectivity index (χ0n) is 10.1. The summed E-state index contributed by atoms with van der Waals surface area (Å²) >= 11 is 3.51. The smallest absolute Gasteiger partial charge is 0.0628 e. The predicted molar refractivity (Wildman–Crippen MR) is 73.1 cm³/mol. The van der Waals surface area contributed by atoms with Crippen LogP contribution in [0.25, 0.3) is 0 Å². The van der Waals surface area contributed by atoms with Gasteiger partial charge in [0.15, 0.2) is 0 Å². The van der Waals surface area contributed by atoms with E-state index in [1.165, 1.54) is 11.1 Å². The van der Waals surface area contributed by atoms with Gasteiger partial charge in [-0.2, -0.15) is 0 Å². The minimum Gasteiger partial charge on any atom is -0.394 e. The Balaban J connectivity index is 2.18. The summed E-state index contributed by atoms with van der Waals surface area (Å²) in [7, 11) is 0. The maximum Gasteiger partial charge on any atom is 0.0628 e. The van der Waals surface area contributed by atoms with E-state index < -0.39 is 0 Å². The molecular weight excluding hydrogens is 280 g/mol. The van der Waals surface area contributed by atoms with Crippen LogP contribution in [0.3, 0.4) is 0 Å². The van der Waals surface area contributed by atoms with E-state index in [-0.39, 0.29) is 12.6 Å². The number of nitrogens with zero attached hydrogens (tertiary/aromatic N) is 1. The number of aryl methyl sites for hydroxylation is 1. The number of benzene rings is 1. The molecule has 2 N–H and O–H groups in total. The number of nitrogens with one attached hydrogen (secondary N) is 1. The molecule has 0 saturated carbocycles. The largest absolute Gasteiger partial charge is 0.394 e. The Hall–Kier alpha value is -0.420. The van der Waals surface area contributed by atoms with Gasteiger partial charge in [-0.05, 0) is 24.1 Å². The first-order chi connectivity index (χ1) is 8.22. The fourth-order valence-electron chi connectivity index (χ4n) is 2.30. The van der Waals surface area contributed by atoms with Gasteiger partial charge in [0.25, 0.3) is 0 Å². The second-order valence-corrected chi connectivity index (χ2v) is 5.35. The molecule has 4 heteroatoms. The molecule has 1 aromatic carbocycles. The molecule has 1 aromatic rings. The zero-order chi connectivity index (χ0) is 12.3. The van der Waals surface area contributed by atoms with Gasteiger partial charge in [-0.3, -0.25) is 4.90 Å². The Morgan fingerprint density at radius 1 is 1.41 bits per heavy atom. The van der Waals surface area contributed by atoms with Gasteiger partial charge in [-0.1, -0.05) is 28.1 Å². The van der Waals surface area contributed by atoms with Crippen molar-refractivity contribution in [3.8, 4) is 0 Å². The van der Waals surface area contributed by atoms with E-state index in [0.29, 0.717) is 0 Å². The summed E-state index contributed by atoms with van der Waals surface area (Å²) in [5.41, 5.74) is 2.42. The third-order valence-electron chi connectivity index (χ3n) is 3.33. The molecule has 0 spiro atoms. The molecule has 1 saturated heterocycles. The summed E-state index contributed by atoms with van der Waals surface area (Å²) in [5, 5.41) is 13.0. The number of hydrogen-bond acceptors (Lipinski definition) is 3. The minimum absolute atomic E-state index is 0.129. The molecule has 0 amide bonds. The van der Waals surface area contributed by atoms with Crippen molar-refractivity contribution in [2.45, 2.75) is 13.0 Å². The molecule has 0 aromatic heterocycles. The minimum atomic E-state index is 0.129. The van der Waals surface area contributed by atoms with Gasteiger partial charge in [-0.15, -0.1) is 0 Å². The summed E-state index contributed by atoms with van der Waals surface area (Å²) < 4.78 is 1.12. The van der Waals surface area contributed by atoms with Crippen molar-refractivity contribution < 1.29 is 5.11 Å². The second kappa shape index (κ2) is 5.96. The van der Waals surface area contributed by atoms with Crippen molar-refractivity contribution in [3.05, 3.63) is 33.8 Å². The normalized spacial score (nSPS) is 19.2. The first-order valence-electron chi connectivity index (χ1n) is 6.04. The van der Waals surface area contributed by atoms with Crippen molar-refractivity contribution in [2.24, 2.45) is 0 Å². The highest BCUT2D eigenvalue weighted by molar-refractivity contribution is 9.10. The van der Waals surface area contributed by atoms with Crippen molar-refractivity contribution in [1.29, 1.82) is 0 Å². The first kappa shape index (κ1) is 13.0. The molecule has 1 heterocycles. The Morgan fingerprint density at radius 2 is 2.12 bits per heavy atom. The lowest BCUT2D eigenvalue weighted by Crippen LogP contribution is -2.46. The van der Waals surface area contributed by atoms with Gasteiger partial charge in [0, 0.05) is 30.7 Å². The monoisotopic (exact) mass is 298 g/mol. The highest BCUT2D eigenvalue weighted by atomic mass is 79.9. The van der Waals surface area contributed by atoms with Gasteiger partial charge >= 0.3 is 0 Å². The summed E-state index contributed by atoms with van der Waals surface area (Å²) in [5.74, 6) is 0. The predicted octanol–water partition coefficient (Wildman–Crippen LogP) is 1.70. The lowest BCUT2D eigenvalue weighted by atomic mass is 10.0. The zero-order valence-corrected chi connectivity index (χ0v) is 11.7. The Morgan fingerprint density at radius 3 is 2.71 bits per heavy atom. The van der Waals surface area contributed by atoms with E-state index >= 15 is 0 Å². The second-order valence-electron chi connectivity index (χ2n) is 4.49. The fourth-order valence-corrected chi connectivity index (χ4v) is 2.55. The molecule has 1 unspecified atom stereocenters. The summed E-state index contributed by atoms with van der Waals surface area (Å²) in [6, 6.07) is 6.45. The topological polar surface area (TPSA) is 35.5 Å². The van der Waals surface area contributed by atoms with Crippen LogP contribution in [0.2, 0.25) is 0 Å². The SMILES string of the molecule is Cc1cc(C(CO)N2CCNCC2)ccc1Br. The van der Waals surface area contributed by atoms with Crippen molar-refractivity contribution >= 4 is 15.9 Å². The van der Waals surface area contributed by atoms with E-state index in [1.807, 2.05) is 0 Å². The number of aliphatic hydroxyl groups excluding tert-OH is 1. The lowest BCUT2D eigenvalue weighted by molar-refractivity contribution is 0.111. The molecule has 1 atom stereocenters. The number of rotatable bonds is 3. The standard InChI is InChI=1S/C13H19BrN2O/c1-10-8-11(2-3-12(10)14)13(9-17)16-6-4-15-5-7-16/h2-3,8,13,15,17H,4-7,9H2,1H3. The van der Waals surface area contributed by atoms with Crippen LogP contribution >= 0.6 is 15.9 Å². The first-order valence-corrected chi connectivity index (χ1v) is 6.83. The van der Waals surface area contributed by atoms with Crippen molar-refractivity contribution in [3.63, 3.8) is 0 Å². The summed E-state index contributed by atoms with van der Waals surface area (Å²) in [6.45, 7) is 6.28.